The van der Waals surface area contributed by atoms with Gasteiger partial charge in [-0.1, -0.05) is 13.8 Å². The van der Waals surface area contributed by atoms with Crippen LogP contribution in [0.5, 0.6) is 23.0 Å². The quantitative estimate of drug-likeness (QED) is 0.219. The van der Waals surface area contributed by atoms with E-state index in [4.69, 9.17) is 18.9 Å². The highest BCUT2D eigenvalue weighted by Gasteiger charge is 2.37. The molecule has 0 saturated heterocycles. The first-order valence-electron chi connectivity index (χ1n) is 13.8. The maximum atomic E-state index is 13.6. The SMILES string of the molecule is CCN(CC)CC(O)Cn1cc(C2=C(c3c[nH]c4ccc(OC)c(OC)c34)C(=O)NC2=O)c2c(OC)c(OC)ccc21. The van der Waals surface area contributed by atoms with Gasteiger partial charge in [-0.15, -0.1) is 0 Å². The van der Waals surface area contributed by atoms with Crippen LogP contribution in [-0.2, 0) is 16.1 Å². The first kappa shape index (κ1) is 29.0. The molecule has 0 aliphatic carbocycles. The maximum Gasteiger partial charge on any atom is 0.259 e. The van der Waals surface area contributed by atoms with Crippen LogP contribution in [0.15, 0.2) is 36.7 Å². The molecule has 222 valence electrons. The van der Waals surface area contributed by atoms with Crippen molar-refractivity contribution in [3.8, 4) is 23.0 Å². The Hall–Kier alpha value is -4.48. The van der Waals surface area contributed by atoms with Crippen LogP contribution < -0.4 is 24.3 Å². The van der Waals surface area contributed by atoms with Crippen molar-refractivity contribution in [1.29, 1.82) is 0 Å². The predicted octanol–water partition coefficient (Wildman–Crippen LogP) is 3.43. The van der Waals surface area contributed by atoms with Crippen molar-refractivity contribution in [3.63, 3.8) is 0 Å². The van der Waals surface area contributed by atoms with Crippen molar-refractivity contribution >= 4 is 44.8 Å². The molecule has 1 atom stereocenters. The number of carbonyl (C=O) groups excluding carboxylic acids is 2. The lowest BCUT2D eigenvalue weighted by molar-refractivity contribution is -0.122. The monoisotopic (exact) mass is 576 g/mol. The van der Waals surface area contributed by atoms with Crippen molar-refractivity contribution in [1.82, 2.24) is 19.8 Å². The van der Waals surface area contributed by atoms with Crippen LogP contribution in [0.3, 0.4) is 0 Å². The van der Waals surface area contributed by atoms with E-state index in [0.29, 0.717) is 57.0 Å². The molecule has 3 heterocycles. The minimum absolute atomic E-state index is 0.180. The molecule has 2 amide bonds. The number of hydrogen-bond donors (Lipinski definition) is 3. The predicted molar refractivity (Wildman–Crippen MR) is 160 cm³/mol. The number of aliphatic hydroxyl groups excluding tert-OH is 1. The molecule has 0 bridgehead atoms. The van der Waals surface area contributed by atoms with E-state index in [1.54, 1.807) is 24.5 Å². The topological polar surface area (TPSA) is 127 Å². The molecule has 42 heavy (non-hydrogen) atoms. The first-order valence-corrected chi connectivity index (χ1v) is 13.8. The Balaban J connectivity index is 1.79. The van der Waals surface area contributed by atoms with E-state index in [2.05, 4.69) is 29.0 Å². The van der Waals surface area contributed by atoms with Crippen LogP contribution >= 0.6 is 0 Å². The summed E-state index contributed by atoms with van der Waals surface area (Å²) in [4.78, 5) is 32.4. The molecular weight excluding hydrogens is 540 g/mol. The number of nitrogens with one attached hydrogen (secondary N) is 2. The largest absolute Gasteiger partial charge is 0.493 e. The number of H-pyrrole nitrogens is 1. The third-order valence-corrected chi connectivity index (χ3v) is 7.81. The molecule has 11 heteroatoms. The molecule has 1 unspecified atom stereocenters. The van der Waals surface area contributed by atoms with E-state index < -0.39 is 17.9 Å². The lowest BCUT2D eigenvalue weighted by Crippen LogP contribution is -2.34. The zero-order chi connectivity index (χ0) is 30.1. The summed E-state index contributed by atoms with van der Waals surface area (Å²) in [7, 11) is 6.13. The molecule has 4 aromatic rings. The van der Waals surface area contributed by atoms with Gasteiger partial charge in [-0.05, 0) is 37.4 Å². The number of methoxy groups -OCH3 is 4. The molecule has 3 N–H and O–H groups in total. The summed E-state index contributed by atoms with van der Waals surface area (Å²) < 4.78 is 24.5. The van der Waals surface area contributed by atoms with Gasteiger partial charge in [-0.2, -0.15) is 0 Å². The molecule has 0 spiro atoms. The number of aromatic nitrogens is 2. The third kappa shape index (κ3) is 4.74. The Morgan fingerprint density at radius 2 is 1.43 bits per heavy atom. The molecular formula is C31H36N4O7. The first-order chi connectivity index (χ1) is 20.3. The highest BCUT2D eigenvalue weighted by molar-refractivity contribution is 6.51. The van der Waals surface area contributed by atoms with Gasteiger partial charge < -0.3 is 38.5 Å². The standard InChI is InChI=1S/C31H36N4O7/c1-7-34(8-2)14-17(36)15-35-16-19(25-21(35)10-12-23(40-4)29(25)42-6)27-26(30(37)33-31(27)38)18-13-32-20-9-11-22(39-3)28(41-5)24(18)20/h9-13,16-17,32,36H,7-8,14-15H2,1-6H3,(H,33,37,38). The van der Waals surface area contributed by atoms with E-state index in [1.165, 1.54) is 28.4 Å². The summed E-state index contributed by atoms with van der Waals surface area (Å²) in [5.41, 5.74) is 2.76. The molecule has 0 saturated carbocycles. The van der Waals surface area contributed by atoms with Crippen LogP contribution in [-0.4, -0.2) is 85.5 Å². The van der Waals surface area contributed by atoms with Crippen molar-refractivity contribution in [2.75, 3.05) is 48.1 Å². The Labute approximate surface area is 243 Å². The number of aromatic amines is 1. The number of amides is 2. The second-order valence-corrected chi connectivity index (χ2v) is 9.99. The summed E-state index contributed by atoms with van der Waals surface area (Å²) in [6.07, 6.45) is 2.79. The molecule has 0 fully saturated rings. The van der Waals surface area contributed by atoms with Gasteiger partial charge in [-0.25, -0.2) is 0 Å². The highest BCUT2D eigenvalue weighted by atomic mass is 16.5. The number of carbonyl (C=O) groups is 2. The molecule has 5 rings (SSSR count). The Morgan fingerprint density at radius 3 is 2.02 bits per heavy atom. The number of fused-ring (bicyclic) bond motifs is 2. The van der Waals surface area contributed by atoms with Gasteiger partial charge >= 0.3 is 0 Å². The average molecular weight is 577 g/mol. The number of likely N-dealkylation sites (N-methyl/N-ethyl adjacent to an activating group) is 1. The van der Waals surface area contributed by atoms with Crippen molar-refractivity contribution < 1.29 is 33.6 Å². The smallest absolute Gasteiger partial charge is 0.259 e. The second-order valence-electron chi connectivity index (χ2n) is 9.99. The third-order valence-electron chi connectivity index (χ3n) is 7.81. The summed E-state index contributed by atoms with van der Waals surface area (Å²) in [5, 5.41) is 14.7. The van der Waals surface area contributed by atoms with Crippen LogP contribution in [0.2, 0.25) is 0 Å². The van der Waals surface area contributed by atoms with Gasteiger partial charge in [-0.3, -0.25) is 14.9 Å². The van der Waals surface area contributed by atoms with E-state index in [-0.39, 0.29) is 17.7 Å². The fraction of sp³-hybridized carbons (Fsp3) is 0.355. The summed E-state index contributed by atoms with van der Waals surface area (Å²) >= 11 is 0. The van der Waals surface area contributed by atoms with E-state index in [1.807, 2.05) is 16.7 Å². The average Bonchev–Trinajstić information content (AvgIpc) is 3.66. The lowest BCUT2D eigenvalue weighted by atomic mass is 9.95. The maximum absolute atomic E-state index is 13.6. The van der Waals surface area contributed by atoms with Crippen LogP contribution in [0.1, 0.15) is 25.0 Å². The lowest BCUT2D eigenvalue weighted by Gasteiger charge is -2.22. The van der Waals surface area contributed by atoms with Gasteiger partial charge in [0.15, 0.2) is 23.0 Å². The highest BCUT2D eigenvalue weighted by Crippen LogP contribution is 2.46. The summed E-state index contributed by atoms with van der Waals surface area (Å²) in [5.74, 6) is 0.732. The fourth-order valence-corrected chi connectivity index (χ4v) is 5.81. The van der Waals surface area contributed by atoms with Crippen LogP contribution in [0.4, 0.5) is 0 Å². The van der Waals surface area contributed by atoms with E-state index in [0.717, 1.165) is 18.6 Å². The van der Waals surface area contributed by atoms with E-state index in [9.17, 15) is 14.7 Å². The Morgan fingerprint density at radius 1 is 0.833 bits per heavy atom. The normalized spacial score (nSPS) is 14.3. The van der Waals surface area contributed by atoms with Gasteiger partial charge in [0, 0.05) is 36.6 Å². The zero-order valence-corrected chi connectivity index (χ0v) is 24.7. The minimum Gasteiger partial charge on any atom is -0.493 e. The number of nitrogens with zero attached hydrogens (tertiary/aromatic N) is 2. The number of rotatable bonds is 12. The fourth-order valence-electron chi connectivity index (χ4n) is 5.81. The molecule has 1 aliphatic rings. The second kappa shape index (κ2) is 11.8. The summed E-state index contributed by atoms with van der Waals surface area (Å²) in [6.45, 7) is 6.48. The Bertz CT molecular complexity index is 1700. The van der Waals surface area contributed by atoms with Crippen LogP contribution in [0, 0.1) is 0 Å². The summed E-state index contributed by atoms with van der Waals surface area (Å²) in [6, 6.07) is 7.24. The number of hydrogen-bond acceptors (Lipinski definition) is 8. The van der Waals surface area contributed by atoms with Gasteiger partial charge in [0.1, 0.15) is 0 Å². The van der Waals surface area contributed by atoms with Gasteiger partial charge in [0.2, 0.25) is 0 Å². The Kier molecular flexibility index (Phi) is 8.15. The van der Waals surface area contributed by atoms with Crippen molar-refractivity contribution in [2.24, 2.45) is 0 Å². The number of ether oxygens (including phenoxy) is 4. The number of benzene rings is 2. The minimum atomic E-state index is -0.681. The molecule has 0 radical (unpaired) electrons. The number of imide groups is 1. The molecule has 2 aromatic carbocycles. The molecule has 2 aromatic heterocycles. The van der Waals surface area contributed by atoms with Gasteiger partial charge in [0.05, 0.1) is 67.5 Å². The van der Waals surface area contributed by atoms with E-state index >= 15 is 0 Å². The van der Waals surface area contributed by atoms with Crippen LogP contribution in [0.25, 0.3) is 33.0 Å². The molecule has 11 nitrogen and oxygen atoms in total. The van der Waals surface area contributed by atoms with Crippen molar-refractivity contribution in [2.45, 2.75) is 26.5 Å². The molecule has 1 aliphatic heterocycles. The van der Waals surface area contributed by atoms with Crippen molar-refractivity contribution in [3.05, 3.63) is 47.8 Å². The van der Waals surface area contributed by atoms with Gasteiger partial charge in [0.25, 0.3) is 11.8 Å². The zero-order valence-electron chi connectivity index (χ0n) is 24.7. The number of aliphatic hydroxyl groups is 1.